The lowest BCUT2D eigenvalue weighted by molar-refractivity contribution is -0.172. The summed E-state index contributed by atoms with van der Waals surface area (Å²) in [4.78, 5) is 34.9. The van der Waals surface area contributed by atoms with E-state index in [0.29, 0.717) is 29.1 Å². The predicted octanol–water partition coefficient (Wildman–Crippen LogP) is 3.39. The number of hydrogen-bond acceptors (Lipinski definition) is 6. The van der Waals surface area contributed by atoms with Gasteiger partial charge in [0.15, 0.2) is 5.60 Å². The normalized spacial score (nSPS) is 19.3. The van der Waals surface area contributed by atoms with Crippen LogP contribution in [0.5, 0.6) is 0 Å². The highest BCUT2D eigenvalue weighted by Gasteiger charge is 2.45. The summed E-state index contributed by atoms with van der Waals surface area (Å²) in [5.41, 5.74) is 2.42. The monoisotopic (exact) mass is 477 g/mol. The van der Waals surface area contributed by atoms with Crippen LogP contribution in [0.2, 0.25) is 0 Å². The van der Waals surface area contributed by atoms with E-state index in [-0.39, 0.29) is 18.6 Å². The van der Waals surface area contributed by atoms with Gasteiger partial charge in [-0.3, -0.25) is 9.78 Å². The number of aromatic nitrogens is 3. The van der Waals surface area contributed by atoms with Gasteiger partial charge in [-0.25, -0.2) is 9.78 Å². The van der Waals surface area contributed by atoms with E-state index in [1.165, 1.54) is 0 Å². The third-order valence-electron chi connectivity index (χ3n) is 6.32. The fraction of sp³-hybridized carbons (Fsp3) is 0.217. The largest absolute Gasteiger partial charge is 0.458 e. The number of carbonyl (C=O) groups is 1. The Morgan fingerprint density at radius 1 is 1.19 bits per heavy atom. The Bertz CT molecular complexity index is 1530. The average Bonchev–Trinajstić information content (AvgIpc) is 3.13. The fourth-order valence-electron chi connectivity index (χ4n) is 4.63. The molecule has 2 aliphatic heterocycles. The Labute approximate surface area is 184 Å². The maximum atomic E-state index is 13.3. The first-order valence-corrected chi connectivity index (χ1v) is 10.7. The zero-order valence-electron chi connectivity index (χ0n) is 16.5. The minimum atomic E-state index is -1.82. The van der Waals surface area contributed by atoms with Gasteiger partial charge in [0.2, 0.25) is 0 Å². The number of pyridine rings is 3. The molecule has 0 saturated carbocycles. The number of rotatable bonds is 1. The standard InChI is InChI=1S/C23H16BrN3O4/c1-2-23(30)16-7-19-20-11(9-27(19)21(28)15(16)10-31-22(23)29)5-13-14-6-12(24)8-25-17(14)3-4-18(13)26-20/h3-8,30H,2,9-10H2,1H3/t23-/m0/s1. The summed E-state index contributed by atoms with van der Waals surface area (Å²) in [6, 6.07) is 9.62. The second-order valence-corrected chi connectivity index (χ2v) is 8.87. The van der Waals surface area contributed by atoms with Crippen molar-refractivity contribution in [1.82, 2.24) is 14.5 Å². The van der Waals surface area contributed by atoms with Gasteiger partial charge in [0.1, 0.15) is 6.61 Å². The molecular formula is C23H16BrN3O4. The molecule has 4 aromatic rings. The van der Waals surface area contributed by atoms with Crippen LogP contribution in [-0.2, 0) is 28.3 Å². The van der Waals surface area contributed by atoms with Gasteiger partial charge in [0.25, 0.3) is 5.56 Å². The molecule has 3 aromatic heterocycles. The average molecular weight is 478 g/mol. The Morgan fingerprint density at radius 2 is 1.97 bits per heavy atom. The first-order chi connectivity index (χ1) is 14.9. The number of ether oxygens (including phenoxy) is 1. The molecule has 6 rings (SSSR count). The number of halogens is 1. The van der Waals surface area contributed by atoms with Gasteiger partial charge < -0.3 is 14.4 Å². The van der Waals surface area contributed by atoms with Crippen LogP contribution in [-0.4, -0.2) is 25.6 Å². The molecule has 1 N–H and O–H groups in total. The summed E-state index contributed by atoms with van der Waals surface area (Å²) in [6.45, 7) is 1.93. The molecule has 0 radical (unpaired) electrons. The second-order valence-electron chi connectivity index (χ2n) is 7.95. The van der Waals surface area contributed by atoms with Crippen molar-refractivity contribution in [2.45, 2.75) is 32.1 Å². The van der Waals surface area contributed by atoms with Crippen molar-refractivity contribution < 1.29 is 14.6 Å². The van der Waals surface area contributed by atoms with Gasteiger partial charge in [-0.05, 0) is 52.7 Å². The van der Waals surface area contributed by atoms with Crippen LogP contribution in [0.25, 0.3) is 33.2 Å². The lowest BCUT2D eigenvalue weighted by atomic mass is 9.86. The molecule has 7 nitrogen and oxygen atoms in total. The highest BCUT2D eigenvalue weighted by atomic mass is 79.9. The number of fused-ring (bicyclic) bond motifs is 7. The lowest BCUT2D eigenvalue weighted by Gasteiger charge is -2.31. The van der Waals surface area contributed by atoms with Crippen LogP contribution in [0.1, 0.15) is 30.0 Å². The predicted molar refractivity (Wildman–Crippen MR) is 118 cm³/mol. The zero-order chi connectivity index (χ0) is 21.5. The van der Waals surface area contributed by atoms with Crippen LogP contribution in [0, 0.1) is 0 Å². The van der Waals surface area contributed by atoms with Gasteiger partial charge in [-0.2, -0.15) is 0 Å². The maximum absolute atomic E-state index is 13.3. The van der Waals surface area contributed by atoms with E-state index in [1.54, 1.807) is 23.8 Å². The van der Waals surface area contributed by atoms with Crippen LogP contribution in [0.4, 0.5) is 0 Å². The van der Waals surface area contributed by atoms with E-state index >= 15 is 0 Å². The minimum absolute atomic E-state index is 0.119. The number of cyclic esters (lactones) is 1. The molecule has 0 spiro atoms. The van der Waals surface area contributed by atoms with Gasteiger partial charge >= 0.3 is 5.97 Å². The highest BCUT2D eigenvalue weighted by Crippen LogP contribution is 2.39. The van der Waals surface area contributed by atoms with E-state index in [1.807, 2.05) is 24.3 Å². The molecule has 0 aliphatic carbocycles. The fourth-order valence-corrected chi connectivity index (χ4v) is 4.96. The van der Waals surface area contributed by atoms with Gasteiger partial charge in [0.05, 0.1) is 34.5 Å². The molecule has 0 amide bonds. The third-order valence-corrected chi connectivity index (χ3v) is 6.75. The summed E-state index contributed by atoms with van der Waals surface area (Å²) in [7, 11) is 0. The van der Waals surface area contributed by atoms with E-state index in [0.717, 1.165) is 31.8 Å². The van der Waals surface area contributed by atoms with E-state index in [9.17, 15) is 14.7 Å². The number of aliphatic hydroxyl groups is 1. The SMILES string of the molecule is CC[C@@]1(O)C(=O)OCc2c1cc1n(c2=O)Cc2cc3c(ccc4ncc(Br)cc43)nc2-1. The third kappa shape index (κ3) is 2.43. The molecule has 8 heteroatoms. The summed E-state index contributed by atoms with van der Waals surface area (Å²) < 4.78 is 7.64. The van der Waals surface area contributed by atoms with Gasteiger partial charge in [0, 0.05) is 32.6 Å². The van der Waals surface area contributed by atoms with Crippen molar-refractivity contribution in [2.24, 2.45) is 0 Å². The molecule has 2 aliphatic rings. The molecule has 5 heterocycles. The van der Waals surface area contributed by atoms with E-state index < -0.39 is 11.6 Å². The van der Waals surface area contributed by atoms with E-state index in [4.69, 9.17) is 9.72 Å². The molecule has 1 aromatic carbocycles. The summed E-state index contributed by atoms with van der Waals surface area (Å²) in [6.07, 6.45) is 1.88. The number of hydrogen-bond donors (Lipinski definition) is 1. The Kier molecular flexibility index (Phi) is 3.74. The molecule has 0 fully saturated rings. The second kappa shape index (κ2) is 6.21. The number of carbonyl (C=O) groups excluding carboxylic acids is 1. The quantitative estimate of drug-likeness (QED) is 0.293. The molecule has 0 bridgehead atoms. The minimum Gasteiger partial charge on any atom is -0.458 e. The first kappa shape index (κ1) is 18.7. The van der Waals surface area contributed by atoms with Gasteiger partial charge in [-0.15, -0.1) is 0 Å². The smallest absolute Gasteiger partial charge is 0.343 e. The molecule has 154 valence electrons. The maximum Gasteiger partial charge on any atom is 0.343 e. The van der Waals surface area contributed by atoms with Crippen LogP contribution < -0.4 is 5.56 Å². The van der Waals surface area contributed by atoms with E-state index in [2.05, 4.69) is 20.9 Å². The van der Waals surface area contributed by atoms with Crippen LogP contribution in [0.3, 0.4) is 0 Å². The van der Waals surface area contributed by atoms with Crippen molar-refractivity contribution in [1.29, 1.82) is 0 Å². The summed E-state index contributed by atoms with van der Waals surface area (Å²) >= 11 is 3.48. The number of nitrogens with zero attached hydrogens (tertiary/aromatic N) is 3. The zero-order valence-corrected chi connectivity index (χ0v) is 18.1. The summed E-state index contributed by atoms with van der Waals surface area (Å²) in [5.74, 6) is -0.721. The molecular weight excluding hydrogens is 462 g/mol. The number of esters is 1. The Hall–Kier alpha value is -3.10. The van der Waals surface area contributed by atoms with Crippen LogP contribution in [0.15, 0.2) is 45.8 Å². The highest BCUT2D eigenvalue weighted by molar-refractivity contribution is 9.10. The first-order valence-electron chi connectivity index (χ1n) is 9.96. The Morgan fingerprint density at radius 3 is 2.77 bits per heavy atom. The van der Waals surface area contributed by atoms with Crippen LogP contribution >= 0.6 is 15.9 Å². The molecule has 1 atom stereocenters. The van der Waals surface area contributed by atoms with Crippen molar-refractivity contribution in [3.8, 4) is 11.4 Å². The van der Waals surface area contributed by atoms with Crippen molar-refractivity contribution in [3.05, 3.63) is 68.0 Å². The number of benzene rings is 1. The molecule has 31 heavy (non-hydrogen) atoms. The Balaban J connectivity index is 1.63. The lowest BCUT2D eigenvalue weighted by Crippen LogP contribution is -2.44. The van der Waals surface area contributed by atoms with Crippen molar-refractivity contribution in [3.63, 3.8) is 0 Å². The van der Waals surface area contributed by atoms with Crippen molar-refractivity contribution in [2.75, 3.05) is 0 Å². The topological polar surface area (TPSA) is 94.3 Å². The van der Waals surface area contributed by atoms with Gasteiger partial charge in [-0.1, -0.05) is 6.92 Å². The van der Waals surface area contributed by atoms with Crippen molar-refractivity contribution >= 4 is 43.7 Å². The molecule has 0 saturated heterocycles. The molecule has 0 unspecified atom stereocenters. The summed E-state index contributed by atoms with van der Waals surface area (Å²) in [5, 5.41) is 12.9.